The Morgan fingerprint density at radius 3 is 2.43 bits per heavy atom. The minimum atomic E-state index is -4.49. The van der Waals surface area contributed by atoms with Gasteiger partial charge in [0.05, 0.1) is 10.0 Å². The minimum absolute atomic E-state index is 0.0661. The van der Waals surface area contributed by atoms with Crippen molar-refractivity contribution in [2.75, 3.05) is 5.32 Å². The number of halogens is 4. The summed E-state index contributed by atoms with van der Waals surface area (Å²) in [6, 6.07) is 9.22. The normalized spacial score (nSPS) is 11.0. The maximum atomic E-state index is 12.6. The van der Waals surface area contributed by atoms with Crippen molar-refractivity contribution in [2.45, 2.75) is 6.18 Å². The highest BCUT2D eigenvalue weighted by atomic mass is 79.9. The lowest BCUT2D eigenvalue weighted by Gasteiger charge is -2.12. The molecule has 23 heavy (non-hydrogen) atoms. The molecule has 0 saturated carbocycles. The molecule has 1 amide bonds. The van der Waals surface area contributed by atoms with Gasteiger partial charge in [-0.2, -0.15) is 13.2 Å². The first-order valence-corrected chi connectivity index (χ1v) is 7.37. The Hall–Kier alpha value is -2.00. The molecule has 1 aromatic carbocycles. The van der Waals surface area contributed by atoms with Crippen LogP contribution in [0.3, 0.4) is 0 Å². The van der Waals surface area contributed by atoms with Gasteiger partial charge in [0.1, 0.15) is 5.82 Å². The molecule has 9 heteroatoms. The Bertz CT molecular complexity index is 738. The topological polar surface area (TPSA) is 54.0 Å². The number of anilines is 1. The predicted molar refractivity (Wildman–Crippen MR) is 87.1 cm³/mol. The van der Waals surface area contributed by atoms with Crippen LogP contribution >= 0.6 is 28.1 Å². The lowest BCUT2D eigenvalue weighted by atomic mass is 10.2. The molecule has 0 radical (unpaired) electrons. The molecule has 1 aromatic heterocycles. The molecular weight excluding hydrogens is 395 g/mol. The number of hydrogen-bond donors (Lipinski definition) is 2. The van der Waals surface area contributed by atoms with Gasteiger partial charge >= 0.3 is 6.18 Å². The number of carbonyl (C=O) groups excluding carboxylic acids is 1. The Kier molecular flexibility index (Phi) is 5.32. The lowest BCUT2D eigenvalue weighted by molar-refractivity contribution is -0.137. The molecule has 0 bridgehead atoms. The van der Waals surface area contributed by atoms with E-state index in [2.05, 4.69) is 31.5 Å². The van der Waals surface area contributed by atoms with E-state index in [4.69, 9.17) is 12.2 Å². The number of benzene rings is 1. The van der Waals surface area contributed by atoms with Gasteiger partial charge in [-0.15, -0.1) is 0 Å². The zero-order valence-corrected chi connectivity index (χ0v) is 13.7. The Morgan fingerprint density at radius 1 is 1.22 bits per heavy atom. The zero-order valence-electron chi connectivity index (χ0n) is 11.3. The third-order valence-electron chi connectivity index (χ3n) is 2.66. The molecule has 0 aliphatic carbocycles. The summed E-state index contributed by atoms with van der Waals surface area (Å²) in [7, 11) is 0. The van der Waals surface area contributed by atoms with E-state index in [1.165, 1.54) is 0 Å². The maximum Gasteiger partial charge on any atom is 0.417 e. The van der Waals surface area contributed by atoms with E-state index in [-0.39, 0.29) is 15.4 Å². The summed E-state index contributed by atoms with van der Waals surface area (Å²) in [5.41, 5.74) is -0.495. The van der Waals surface area contributed by atoms with Gasteiger partial charge in [0.15, 0.2) is 5.11 Å². The summed E-state index contributed by atoms with van der Waals surface area (Å²) in [6.45, 7) is 0. The monoisotopic (exact) mass is 403 g/mol. The predicted octanol–water partition coefficient (Wildman–Crippen LogP) is 3.99. The first kappa shape index (κ1) is 17.4. The molecule has 0 unspecified atom stereocenters. The van der Waals surface area contributed by atoms with Gasteiger partial charge < -0.3 is 5.32 Å². The third-order valence-corrected chi connectivity index (χ3v) is 3.47. The number of carbonyl (C=O) groups is 1. The van der Waals surface area contributed by atoms with Crippen molar-refractivity contribution in [3.8, 4) is 0 Å². The number of hydrogen-bond acceptors (Lipinski definition) is 3. The first-order valence-electron chi connectivity index (χ1n) is 6.17. The molecule has 0 saturated heterocycles. The van der Waals surface area contributed by atoms with E-state index in [0.717, 1.165) is 6.07 Å². The maximum absolute atomic E-state index is 12.6. The second kappa shape index (κ2) is 7.05. The number of thiocarbonyl (C=S) groups is 1. The molecule has 0 aliphatic rings. The van der Waals surface area contributed by atoms with Crippen molar-refractivity contribution in [2.24, 2.45) is 0 Å². The van der Waals surface area contributed by atoms with Crippen molar-refractivity contribution >= 4 is 45.0 Å². The number of pyridine rings is 1. The number of aromatic nitrogens is 1. The average Bonchev–Trinajstić information content (AvgIpc) is 2.49. The lowest BCUT2D eigenvalue weighted by Crippen LogP contribution is -2.34. The molecule has 2 N–H and O–H groups in total. The highest BCUT2D eigenvalue weighted by Gasteiger charge is 2.31. The molecule has 0 atom stereocenters. The molecule has 0 fully saturated rings. The summed E-state index contributed by atoms with van der Waals surface area (Å²) in [6.07, 6.45) is -3.81. The Morgan fingerprint density at radius 2 is 1.87 bits per heavy atom. The van der Waals surface area contributed by atoms with E-state index < -0.39 is 17.6 Å². The van der Waals surface area contributed by atoms with E-state index in [0.29, 0.717) is 11.8 Å². The summed E-state index contributed by atoms with van der Waals surface area (Å²) in [5.74, 6) is -0.373. The molecule has 1 heterocycles. The van der Waals surface area contributed by atoms with Crippen LogP contribution < -0.4 is 10.6 Å². The molecule has 2 rings (SSSR count). The van der Waals surface area contributed by atoms with Crippen LogP contribution in [0.2, 0.25) is 0 Å². The minimum Gasteiger partial charge on any atom is -0.316 e. The van der Waals surface area contributed by atoms with Gasteiger partial charge in [-0.25, -0.2) is 4.98 Å². The van der Waals surface area contributed by atoms with Crippen LogP contribution in [-0.4, -0.2) is 16.0 Å². The van der Waals surface area contributed by atoms with Gasteiger partial charge in [-0.1, -0.05) is 18.2 Å². The van der Waals surface area contributed by atoms with Crippen LogP contribution in [0.1, 0.15) is 15.9 Å². The summed E-state index contributed by atoms with van der Waals surface area (Å²) in [4.78, 5) is 15.5. The van der Waals surface area contributed by atoms with Crippen LogP contribution in [0.15, 0.2) is 47.1 Å². The highest BCUT2D eigenvalue weighted by molar-refractivity contribution is 9.10. The van der Waals surface area contributed by atoms with Crippen LogP contribution in [0.5, 0.6) is 0 Å². The van der Waals surface area contributed by atoms with E-state index in [1.54, 1.807) is 30.3 Å². The molecule has 4 nitrogen and oxygen atoms in total. The highest BCUT2D eigenvalue weighted by Crippen LogP contribution is 2.32. The van der Waals surface area contributed by atoms with E-state index >= 15 is 0 Å². The number of nitrogens with zero attached hydrogens (tertiary/aromatic N) is 1. The van der Waals surface area contributed by atoms with Crippen LogP contribution in [0.4, 0.5) is 19.0 Å². The van der Waals surface area contributed by atoms with Crippen molar-refractivity contribution in [3.05, 3.63) is 58.2 Å². The molecule has 0 spiro atoms. The van der Waals surface area contributed by atoms with Gasteiger partial charge in [-0.05, 0) is 46.3 Å². The second-order valence-electron chi connectivity index (χ2n) is 4.33. The fraction of sp³-hybridized carbons (Fsp3) is 0.0714. The van der Waals surface area contributed by atoms with Crippen molar-refractivity contribution in [1.82, 2.24) is 10.3 Å². The number of alkyl halides is 3. The van der Waals surface area contributed by atoms with Crippen molar-refractivity contribution in [3.63, 3.8) is 0 Å². The average molecular weight is 404 g/mol. The van der Waals surface area contributed by atoms with Crippen LogP contribution in [0, 0.1) is 0 Å². The SMILES string of the molecule is O=C(NC(=S)Nc1ncc(C(F)(F)F)cc1Br)c1ccccc1. The first-order chi connectivity index (χ1) is 10.8. The quantitative estimate of drug-likeness (QED) is 0.744. The van der Waals surface area contributed by atoms with Crippen LogP contribution in [0.25, 0.3) is 0 Å². The number of rotatable bonds is 2. The fourth-order valence-corrected chi connectivity index (χ4v) is 2.23. The van der Waals surface area contributed by atoms with Crippen molar-refractivity contribution < 1.29 is 18.0 Å². The van der Waals surface area contributed by atoms with E-state index in [9.17, 15) is 18.0 Å². The summed E-state index contributed by atoms with van der Waals surface area (Å²) in [5, 5.41) is 4.90. The number of nitrogens with one attached hydrogen (secondary N) is 2. The molecule has 2 aromatic rings. The Labute approximate surface area is 143 Å². The van der Waals surface area contributed by atoms with Gasteiger partial charge in [-0.3, -0.25) is 10.1 Å². The summed E-state index contributed by atoms with van der Waals surface area (Å²) < 4.78 is 37.7. The second-order valence-corrected chi connectivity index (χ2v) is 5.59. The van der Waals surface area contributed by atoms with Crippen LogP contribution in [-0.2, 0) is 6.18 Å². The fourth-order valence-electron chi connectivity index (χ4n) is 1.59. The molecule has 120 valence electrons. The zero-order chi connectivity index (χ0) is 17.0. The number of amides is 1. The summed E-state index contributed by atoms with van der Waals surface area (Å²) >= 11 is 7.93. The smallest absolute Gasteiger partial charge is 0.316 e. The largest absolute Gasteiger partial charge is 0.417 e. The Balaban J connectivity index is 2.05. The van der Waals surface area contributed by atoms with Gasteiger partial charge in [0.25, 0.3) is 5.91 Å². The van der Waals surface area contributed by atoms with E-state index in [1.807, 2.05) is 0 Å². The molecule has 0 aliphatic heterocycles. The standard InChI is InChI=1S/C14H9BrF3N3OS/c15-10-6-9(14(16,17)18)7-19-11(10)20-13(23)21-12(22)8-4-2-1-3-5-8/h1-7H,(H2,19,20,21,22,23). The van der Waals surface area contributed by atoms with Gasteiger partial charge in [0, 0.05) is 11.8 Å². The third kappa shape index (κ3) is 4.73. The van der Waals surface area contributed by atoms with Gasteiger partial charge in [0.2, 0.25) is 0 Å². The van der Waals surface area contributed by atoms with Crippen molar-refractivity contribution in [1.29, 1.82) is 0 Å². The molecular formula is C14H9BrF3N3OS.